The summed E-state index contributed by atoms with van der Waals surface area (Å²) in [6.07, 6.45) is 0. The van der Waals surface area contributed by atoms with E-state index in [0.717, 1.165) is 26.3 Å². The number of carboxylic acid groups (broad SMARTS) is 1. The number of carbonyl (C=O) groups is 1. The van der Waals surface area contributed by atoms with Crippen LogP contribution in [0.3, 0.4) is 0 Å². The minimum atomic E-state index is -0.953. The maximum atomic E-state index is 11.0. The van der Waals surface area contributed by atoms with Gasteiger partial charge in [-0.05, 0) is 56.3 Å². The molecule has 0 aliphatic rings. The molecule has 0 amide bonds. The van der Waals surface area contributed by atoms with Gasteiger partial charge in [-0.25, -0.2) is 14.8 Å². The van der Waals surface area contributed by atoms with Crippen LogP contribution in [0.25, 0.3) is 0 Å². The highest BCUT2D eigenvalue weighted by Crippen LogP contribution is 2.29. The van der Waals surface area contributed by atoms with Crippen molar-refractivity contribution >= 4 is 33.7 Å². The number of nitrogens with zero attached hydrogens (tertiary/aromatic N) is 2. The van der Waals surface area contributed by atoms with Crippen molar-refractivity contribution in [1.82, 2.24) is 9.97 Å². The van der Waals surface area contributed by atoms with E-state index in [0.29, 0.717) is 5.16 Å². The van der Waals surface area contributed by atoms with Gasteiger partial charge in [-0.1, -0.05) is 15.9 Å². The molecule has 0 radical (unpaired) electrons. The Hall–Kier alpha value is -1.40. The molecule has 20 heavy (non-hydrogen) atoms. The highest BCUT2D eigenvalue weighted by molar-refractivity contribution is 9.10. The molecule has 1 aromatic carbocycles. The Balaban J connectivity index is 2.37. The van der Waals surface area contributed by atoms with Crippen LogP contribution in [-0.4, -0.2) is 21.0 Å². The maximum absolute atomic E-state index is 11.0. The molecule has 2 aromatic rings. The van der Waals surface area contributed by atoms with Crippen molar-refractivity contribution in [2.24, 2.45) is 0 Å². The molecule has 104 valence electrons. The van der Waals surface area contributed by atoms with Crippen molar-refractivity contribution < 1.29 is 9.90 Å². The van der Waals surface area contributed by atoms with Gasteiger partial charge in [-0.3, -0.25) is 0 Å². The largest absolute Gasteiger partial charge is 0.478 e. The molecule has 0 aliphatic heterocycles. The van der Waals surface area contributed by atoms with E-state index in [4.69, 9.17) is 5.11 Å². The summed E-state index contributed by atoms with van der Waals surface area (Å²) in [5.74, 6) is -0.953. The quantitative estimate of drug-likeness (QED) is 0.845. The third-order valence-corrected chi connectivity index (χ3v) is 4.23. The number of halogens is 1. The van der Waals surface area contributed by atoms with Crippen LogP contribution in [0.4, 0.5) is 0 Å². The van der Waals surface area contributed by atoms with Gasteiger partial charge in [0.2, 0.25) is 0 Å². The fourth-order valence-electron chi connectivity index (χ4n) is 1.64. The van der Waals surface area contributed by atoms with Crippen LogP contribution < -0.4 is 0 Å². The molecule has 0 fully saturated rings. The normalized spacial score (nSPS) is 10.6. The fourth-order valence-corrected chi connectivity index (χ4v) is 3.23. The topological polar surface area (TPSA) is 63.1 Å². The van der Waals surface area contributed by atoms with Crippen molar-refractivity contribution in [2.75, 3.05) is 0 Å². The summed E-state index contributed by atoms with van der Waals surface area (Å²) in [6, 6.07) is 5.04. The van der Waals surface area contributed by atoms with Gasteiger partial charge >= 0.3 is 5.97 Å². The maximum Gasteiger partial charge on any atom is 0.335 e. The Labute approximate surface area is 129 Å². The molecule has 0 atom stereocenters. The Morgan fingerprint density at radius 1 is 1.15 bits per heavy atom. The van der Waals surface area contributed by atoms with Crippen molar-refractivity contribution in [3.8, 4) is 0 Å². The second kappa shape index (κ2) is 5.93. The molecule has 0 unspecified atom stereocenters. The van der Waals surface area contributed by atoms with Crippen LogP contribution in [-0.2, 0) is 0 Å². The number of aromatic nitrogens is 2. The van der Waals surface area contributed by atoms with Gasteiger partial charge in [0, 0.05) is 20.8 Å². The third kappa shape index (κ3) is 3.37. The lowest BCUT2D eigenvalue weighted by molar-refractivity contribution is 0.0696. The SMILES string of the molecule is Cc1nc(Sc2cc(Br)cc(C(=O)O)c2)nc(C)c1C. The summed E-state index contributed by atoms with van der Waals surface area (Å²) < 4.78 is 0.723. The standard InChI is InChI=1S/C14H13BrN2O2S/c1-7-8(2)16-14(17-9(7)3)20-12-5-10(13(18)19)4-11(15)6-12/h4-6H,1-3H3,(H,18,19). The zero-order chi connectivity index (χ0) is 14.9. The first-order valence-electron chi connectivity index (χ1n) is 5.90. The Morgan fingerprint density at radius 3 is 2.30 bits per heavy atom. The lowest BCUT2D eigenvalue weighted by Crippen LogP contribution is -1.99. The second-order valence-electron chi connectivity index (χ2n) is 4.38. The smallest absolute Gasteiger partial charge is 0.335 e. The Kier molecular flexibility index (Phi) is 4.45. The average Bonchev–Trinajstić information content (AvgIpc) is 2.35. The molecule has 1 N–H and O–H groups in total. The number of rotatable bonds is 3. The van der Waals surface area contributed by atoms with Crippen LogP contribution in [0.1, 0.15) is 27.3 Å². The summed E-state index contributed by atoms with van der Waals surface area (Å²) in [7, 11) is 0. The van der Waals surface area contributed by atoms with E-state index in [1.54, 1.807) is 12.1 Å². The molecule has 4 nitrogen and oxygen atoms in total. The van der Waals surface area contributed by atoms with E-state index in [9.17, 15) is 4.79 Å². The molecule has 2 rings (SSSR count). The number of benzene rings is 1. The predicted octanol–water partition coefficient (Wildman–Crippen LogP) is 4.01. The Morgan fingerprint density at radius 2 is 1.75 bits per heavy atom. The van der Waals surface area contributed by atoms with Gasteiger partial charge in [-0.15, -0.1) is 0 Å². The number of aromatic carboxylic acids is 1. The van der Waals surface area contributed by atoms with Gasteiger partial charge in [0.1, 0.15) is 0 Å². The van der Waals surface area contributed by atoms with E-state index >= 15 is 0 Å². The van der Waals surface area contributed by atoms with Crippen molar-refractivity contribution in [2.45, 2.75) is 30.8 Å². The van der Waals surface area contributed by atoms with Gasteiger partial charge in [0.25, 0.3) is 0 Å². The first kappa shape index (κ1) is 15.0. The van der Waals surface area contributed by atoms with E-state index < -0.39 is 5.97 Å². The third-order valence-electron chi connectivity index (χ3n) is 2.94. The van der Waals surface area contributed by atoms with Crippen molar-refractivity contribution in [1.29, 1.82) is 0 Å². The molecule has 0 saturated heterocycles. The van der Waals surface area contributed by atoms with Crippen LogP contribution in [0.15, 0.2) is 32.7 Å². The van der Waals surface area contributed by atoms with Gasteiger partial charge in [0.05, 0.1) is 5.56 Å². The molecule has 6 heteroatoms. The van der Waals surface area contributed by atoms with Gasteiger partial charge in [0.15, 0.2) is 5.16 Å². The molecule has 1 heterocycles. The predicted molar refractivity (Wildman–Crippen MR) is 81.5 cm³/mol. The molecule has 0 aliphatic carbocycles. The van der Waals surface area contributed by atoms with Crippen LogP contribution in [0.5, 0.6) is 0 Å². The summed E-state index contributed by atoms with van der Waals surface area (Å²) in [4.78, 5) is 20.7. The van der Waals surface area contributed by atoms with Crippen LogP contribution in [0.2, 0.25) is 0 Å². The van der Waals surface area contributed by atoms with E-state index in [1.807, 2.05) is 26.8 Å². The minimum Gasteiger partial charge on any atom is -0.478 e. The van der Waals surface area contributed by atoms with Gasteiger partial charge < -0.3 is 5.11 Å². The Bertz CT molecular complexity index is 666. The summed E-state index contributed by atoms with van der Waals surface area (Å²) >= 11 is 4.67. The number of hydrogen-bond acceptors (Lipinski definition) is 4. The monoisotopic (exact) mass is 352 g/mol. The number of hydrogen-bond donors (Lipinski definition) is 1. The van der Waals surface area contributed by atoms with Crippen molar-refractivity contribution in [3.63, 3.8) is 0 Å². The zero-order valence-electron chi connectivity index (χ0n) is 11.3. The number of carboxylic acids is 1. The lowest BCUT2D eigenvalue weighted by Gasteiger charge is -2.07. The van der Waals surface area contributed by atoms with Crippen LogP contribution in [0, 0.1) is 20.8 Å². The van der Waals surface area contributed by atoms with Gasteiger partial charge in [-0.2, -0.15) is 0 Å². The highest BCUT2D eigenvalue weighted by Gasteiger charge is 2.10. The van der Waals surface area contributed by atoms with E-state index in [2.05, 4.69) is 25.9 Å². The molecular weight excluding hydrogens is 340 g/mol. The second-order valence-corrected chi connectivity index (χ2v) is 6.34. The van der Waals surface area contributed by atoms with E-state index in [-0.39, 0.29) is 5.56 Å². The molecule has 0 spiro atoms. The molecule has 1 aromatic heterocycles. The molecule has 0 saturated carbocycles. The fraction of sp³-hybridized carbons (Fsp3) is 0.214. The molecule has 0 bridgehead atoms. The number of aryl methyl sites for hydroxylation is 2. The van der Waals surface area contributed by atoms with Crippen molar-refractivity contribution in [3.05, 3.63) is 45.2 Å². The van der Waals surface area contributed by atoms with Crippen LogP contribution >= 0.6 is 27.7 Å². The highest BCUT2D eigenvalue weighted by atomic mass is 79.9. The minimum absolute atomic E-state index is 0.238. The first-order chi connectivity index (χ1) is 9.36. The summed E-state index contributed by atoms with van der Waals surface area (Å²) in [6.45, 7) is 5.87. The first-order valence-corrected chi connectivity index (χ1v) is 7.51. The summed E-state index contributed by atoms with van der Waals surface area (Å²) in [5, 5.41) is 9.69. The summed E-state index contributed by atoms with van der Waals surface area (Å²) in [5.41, 5.74) is 3.19. The average molecular weight is 353 g/mol. The molecular formula is C14H13BrN2O2S. The zero-order valence-corrected chi connectivity index (χ0v) is 13.7. The lowest BCUT2D eigenvalue weighted by atomic mass is 10.2. The van der Waals surface area contributed by atoms with E-state index in [1.165, 1.54) is 11.8 Å².